The molecular formula is C12H15AsN2O5S. The van der Waals surface area contributed by atoms with Crippen LogP contribution in [0.2, 0.25) is 0 Å². The first-order valence-corrected chi connectivity index (χ1v) is 9.99. The molecule has 0 spiro atoms. The maximum absolute atomic E-state index is 10.9. The zero-order valence-corrected chi connectivity index (χ0v) is 14.0. The van der Waals surface area contributed by atoms with Crippen molar-refractivity contribution in [3.8, 4) is 5.75 Å². The van der Waals surface area contributed by atoms with Crippen LogP contribution >= 0.6 is 11.3 Å². The Bertz CT molecular complexity index is 654. The molecular weight excluding hydrogens is 359 g/mol. The number of carbonyl (C=O) groups is 1. The summed E-state index contributed by atoms with van der Waals surface area (Å²) >= 11 is -3.32. The second-order valence-corrected chi connectivity index (χ2v) is 8.44. The molecule has 1 amide bonds. The number of carbonyl (C=O) groups excluding carboxylic acids is 1. The van der Waals surface area contributed by atoms with E-state index in [1.54, 1.807) is 17.5 Å². The summed E-state index contributed by atoms with van der Waals surface area (Å²) in [4.78, 5) is 14.7. The second kappa shape index (κ2) is 7.42. The van der Waals surface area contributed by atoms with E-state index in [9.17, 15) is 13.6 Å². The fourth-order valence-electron chi connectivity index (χ4n) is 1.29. The third-order valence-electron chi connectivity index (χ3n) is 2.18. The van der Waals surface area contributed by atoms with E-state index >= 15 is 0 Å². The Morgan fingerprint density at radius 1 is 1.38 bits per heavy atom. The van der Waals surface area contributed by atoms with Crippen molar-refractivity contribution >= 4 is 41.5 Å². The van der Waals surface area contributed by atoms with Crippen molar-refractivity contribution < 1.29 is 21.8 Å². The first kappa shape index (κ1) is 17.4. The second-order valence-electron chi connectivity index (χ2n) is 3.98. The van der Waals surface area contributed by atoms with Crippen molar-refractivity contribution in [2.24, 2.45) is 0 Å². The molecule has 2 rings (SSSR count). The maximum Gasteiger partial charge on any atom is 0.0893 e. The Labute approximate surface area is 128 Å². The molecule has 0 fully saturated rings. The van der Waals surface area contributed by atoms with E-state index < -0.39 is 20.1 Å². The molecule has 2 aromatic rings. The number of hydrogen-bond acceptors (Lipinski definition) is 5. The van der Waals surface area contributed by atoms with Crippen LogP contribution in [0, 0.1) is 6.92 Å². The Balaban J connectivity index is 0.000000304. The molecule has 0 bridgehead atoms. The zero-order chi connectivity index (χ0) is 16.0. The number of aryl methyl sites for hydroxylation is 1. The minimum Gasteiger partial charge on any atom is -0.250 e. The fourth-order valence-corrected chi connectivity index (χ4v) is 2.92. The molecule has 7 nitrogen and oxygen atoms in total. The van der Waals surface area contributed by atoms with E-state index in [2.05, 4.69) is 10.3 Å². The summed E-state index contributed by atoms with van der Waals surface area (Å²) < 4.78 is 28.6. The van der Waals surface area contributed by atoms with Crippen molar-refractivity contribution in [3.05, 3.63) is 34.8 Å². The summed E-state index contributed by atoms with van der Waals surface area (Å²) in [6.45, 7) is 3.22. The van der Waals surface area contributed by atoms with Gasteiger partial charge in [0.1, 0.15) is 0 Å². The van der Waals surface area contributed by atoms with Gasteiger partial charge in [-0.1, -0.05) is 0 Å². The van der Waals surface area contributed by atoms with E-state index in [1.165, 1.54) is 6.92 Å². The summed E-state index contributed by atoms with van der Waals surface area (Å²) in [7, 11) is 0. The van der Waals surface area contributed by atoms with Gasteiger partial charge in [0.05, 0.1) is 5.01 Å². The van der Waals surface area contributed by atoms with E-state index in [-0.39, 0.29) is 15.8 Å². The number of phenols is 1. The van der Waals surface area contributed by atoms with Crippen molar-refractivity contribution in [2.75, 3.05) is 5.32 Å². The molecule has 0 saturated heterocycles. The fraction of sp³-hybridized carbons (Fsp3) is 0.167. The number of nitrogens with zero attached hydrogens (tertiary/aromatic N) is 1. The molecule has 0 unspecified atom stereocenters. The average molecular weight is 374 g/mol. The van der Waals surface area contributed by atoms with E-state index in [4.69, 9.17) is 8.19 Å². The molecule has 1 aromatic heterocycles. The van der Waals surface area contributed by atoms with Crippen LogP contribution < -0.4 is 9.67 Å². The van der Waals surface area contributed by atoms with Gasteiger partial charge in [0.15, 0.2) is 0 Å². The van der Waals surface area contributed by atoms with Crippen LogP contribution in [-0.4, -0.2) is 38.4 Å². The summed E-state index contributed by atoms with van der Waals surface area (Å²) in [5, 5.41) is 14.7. The topological polar surface area (TPSA) is 120 Å². The number of hydrogen-bond donors (Lipinski definition) is 4. The molecule has 21 heavy (non-hydrogen) atoms. The SMILES string of the molecule is CC(=O)Nc1cc([As](=O)(O)O)ccc1O.Cc1nccs1. The number of aromatic nitrogens is 1. The van der Waals surface area contributed by atoms with Crippen LogP contribution in [0.1, 0.15) is 11.9 Å². The third kappa shape index (κ3) is 6.13. The van der Waals surface area contributed by atoms with E-state index in [1.807, 2.05) is 12.3 Å². The van der Waals surface area contributed by atoms with Crippen molar-refractivity contribution in [3.63, 3.8) is 0 Å². The van der Waals surface area contributed by atoms with Crippen molar-refractivity contribution in [1.29, 1.82) is 0 Å². The standard InChI is InChI=1S/C8H10AsNO5.C4H5NS/c1-5(11)10-7-4-6(9(13,14)15)2-3-8(7)12;1-4-5-2-3-6-4/h2-4,12H,1H3,(H,10,11)(H2,13,14,15);2-3H,1H3. The molecule has 1 aromatic carbocycles. The van der Waals surface area contributed by atoms with Crippen molar-refractivity contribution in [1.82, 2.24) is 4.98 Å². The Morgan fingerprint density at radius 2 is 2.05 bits per heavy atom. The van der Waals surface area contributed by atoms with Gasteiger partial charge in [0.2, 0.25) is 0 Å². The Morgan fingerprint density at radius 3 is 2.43 bits per heavy atom. The Hall–Kier alpha value is -1.60. The summed E-state index contributed by atoms with van der Waals surface area (Å²) in [6, 6.07) is 3.32. The van der Waals surface area contributed by atoms with Crippen LogP contribution in [0.3, 0.4) is 0 Å². The number of amides is 1. The van der Waals surface area contributed by atoms with Crippen LogP contribution in [0.15, 0.2) is 29.8 Å². The van der Waals surface area contributed by atoms with Crippen LogP contribution in [0.5, 0.6) is 5.75 Å². The summed E-state index contributed by atoms with van der Waals surface area (Å²) in [5.74, 6) is -0.668. The third-order valence-corrected chi connectivity index (χ3v) is 4.88. The van der Waals surface area contributed by atoms with Gasteiger partial charge in [-0.15, -0.1) is 11.3 Å². The van der Waals surface area contributed by atoms with Crippen LogP contribution in [0.25, 0.3) is 0 Å². The van der Waals surface area contributed by atoms with Crippen LogP contribution in [0.4, 0.5) is 5.69 Å². The first-order chi connectivity index (χ1) is 9.70. The smallest absolute Gasteiger partial charge is 0.0893 e. The number of rotatable bonds is 2. The van der Waals surface area contributed by atoms with Gasteiger partial charge >= 0.3 is 88.1 Å². The number of anilines is 1. The average Bonchev–Trinajstić information content (AvgIpc) is 2.82. The molecule has 0 aliphatic heterocycles. The van der Waals surface area contributed by atoms with E-state index in [0.717, 1.165) is 23.2 Å². The number of nitrogens with one attached hydrogen (secondary N) is 1. The van der Waals surface area contributed by atoms with Gasteiger partial charge in [-0.3, -0.25) is 4.98 Å². The number of phenolic OH excluding ortho intramolecular Hbond substituents is 1. The van der Waals surface area contributed by atoms with Gasteiger partial charge in [0, 0.05) is 11.6 Å². The quantitative estimate of drug-likeness (QED) is 0.445. The minimum atomic E-state index is -4.98. The summed E-state index contributed by atoms with van der Waals surface area (Å²) in [5.41, 5.74) is -0.00951. The molecule has 4 N–H and O–H groups in total. The molecule has 0 aliphatic rings. The zero-order valence-electron chi connectivity index (χ0n) is 11.3. The van der Waals surface area contributed by atoms with Crippen LogP contribution in [-0.2, 0) is 8.53 Å². The predicted molar refractivity (Wildman–Crippen MR) is 79.8 cm³/mol. The first-order valence-electron chi connectivity index (χ1n) is 5.73. The van der Waals surface area contributed by atoms with E-state index in [0.29, 0.717) is 0 Å². The molecule has 9 heteroatoms. The number of thiazole rings is 1. The Kier molecular flexibility index (Phi) is 6.16. The van der Waals surface area contributed by atoms with Gasteiger partial charge in [-0.25, -0.2) is 0 Å². The molecule has 0 saturated carbocycles. The molecule has 0 aliphatic carbocycles. The largest absolute Gasteiger partial charge is 0.250 e. The van der Waals surface area contributed by atoms with Gasteiger partial charge in [0.25, 0.3) is 0 Å². The molecule has 114 valence electrons. The predicted octanol–water partition coefficient (Wildman–Crippen LogP) is 0.363. The maximum atomic E-state index is 10.9. The summed E-state index contributed by atoms with van der Waals surface area (Å²) in [6.07, 6.45) is 1.81. The molecule has 0 atom stereocenters. The molecule has 1 heterocycles. The van der Waals surface area contributed by atoms with Gasteiger partial charge < -0.3 is 0 Å². The van der Waals surface area contributed by atoms with Gasteiger partial charge in [-0.2, -0.15) is 0 Å². The van der Waals surface area contributed by atoms with Gasteiger partial charge in [-0.05, 0) is 6.92 Å². The number of aromatic hydroxyl groups is 1. The molecule has 0 radical (unpaired) electrons. The minimum absolute atomic E-state index is 0.00951. The van der Waals surface area contributed by atoms with Crippen molar-refractivity contribution in [2.45, 2.75) is 13.8 Å². The normalized spacial score (nSPS) is 10.5. The number of benzene rings is 1. The monoisotopic (exact) mass is 374 g/mol.